The van der Waals surface area contributed by atoms with Gasteiger partial charge in [0.1, 0.15) is 11.5 Å². The molecule has 78 valence electrons. The normalized spacial score (nSPS) is 22.5. The summed E-state index contributed by atoms with van der Waals surface area (Å²) in [5.41, 5.74) is 6.36. The summed E-state index contributed by atoms with van der Waals surface area (Å²) in [6, 6.07) is 4.08. The standard InChI is InChI=1S/C12H19NO/c1-9-5-6-11(14-9)10(2)12(13)7-3-4-8-12/h5-6,10H,3-4,7-8,13H2,1-2H3. The molecule has 0 radical (unpaired) electrons. The molecule has 1 aliphatic carbocycles. The van der Waals surface area contributed by atoms with Crippen LogP contribution >= 0.6 is 0 Å². The SMILES string of the molecule is Cc1ccc(C(C)C2(N)CCCC2)o1. The highest BCUT2D eigenvalue weighted by Crippen LogP contribution is 2.39. The second kappa shape index (κ2) is 3.43. The highest BCUT2D eigenvalue weighted by molar-refractivity contribution is 5.16. The lowest BCUT2D eigenvalue weighted by Crippen LogP contribution is -2.41. The first-order valence-electron chi connectivity index (χ1n) is 5.47. The molecule has 1 saturated carbocycles. The average Bonchev–Trinajstić information content (AvgIpc) is 2.74. The molecule has 0 bridgehead atoms. The van der Waals surface area contributed by atoms with Crippen molar-refractivity contribution in [2.75, 3.05) is 0 Å². The van der Waals surface area contributed by atoms with Crippen LogP contribution < -0.4 is 5.73 Å². The predicted molar refractivity (Wildman–Crippen MR) is 57.2 cm³/mol. The van der Waals surface area contributed by atoms with E-state index in [1.807, 2.05) is 13.0 Å². The van der Waals surface area contributed by atoms with Gasteiger partial charge in [-0.2, -0.15) is 0 Å². The van der Waals surface area contributed by atoms with Gasteiger partial charge in [0.15, 0.2) is 0 Å². The molecule has 14 heavy (non-hydrogen) atoms. The summed E-state index contributed by atoms with van der Waals surface area (Å²) in [6.07, 6.45) is 4.79. The van der Waals surface area contributed by atoms with Crippen molar-refractivity contribution in [2.45, 2.75) is 51.0 Å². The Hall–Kier alpha value is -0.760. The minimum absolute atomic E-state index is 0.0235. The van der Waals surface area contributed by atoms with Crippen molar-refractivity contribution in [3.63, 3.8) is 0 Å². The summed E-state index contributed by atoms with van der Waals surface area (Å²) in [5.74, 6) is 2.37. The Balaban J connectivity index is 2.18. The number of furan rings is 1. The Morgan fingerprint density at radius 1 is 1.36 bits per heavy atom. The van der Waals surface area contributed by atoms with Crippen molar-refractivity contribution in [1.29, 1.82) is 0 Å². The van der Waals surface area contributed by atoms with E-state index in [0.717, 1.165) is 24.4 Å². The molecule has 0 aromatic carbocycles. The third-order valence-electron chi connectivity index (χ3n) is 3.58. The van der Waals surface area contributed by atoms with E-state index in [4.69, 9.17) is 10.2 Å². The average molecular weight is 193 g/mol. The highest BCUT2D eigenvalue weighted by atomic mass is 16.3. The molecular formula is C12H19NO. The molecule has 0 amide bonds. The van der Waals surface area contributed by atoms with E-state index in [0.29, 0.717) is 5.92 Å². The summed E-state index contributed by atoms with van der Waals surface area (Å²) in [4.78, 5) is 0. The van der Waals surface area contributed by atoms with Crippen LogP contribution in [0.5, 0.6) is 0 Å². The lowest BCUT2D eigenvalue weighted by Gasteiger charge is -2.29. The smallest absolute Gasteiger partial charge is 0.108 e. The summed E-state index contributed by atoms with van der Waals surface area (Å²) in [6.45, 7) is 4.16. The maximum atomic E-state index is 6.38. The van der Waals surface area contributed by atoms with Gasteiger partial charge in [0.2, 0.25) is 0 Å². The Morgan fingerprint density at radius 3 is 2.50 bits per heavy atom. The van der Waals surface area contributed by atoms with E-state index in [-0.39, 0.29) is 5.54 Å². The Labute approximate surface area is 85.5 Å². The second-order valence-electron chi connectivity index (χ2n) is 4.61. The van der Waals surface area contributed by atoms with Gasteiger partial charge in [0.05, 0.1) is 0 Å². The van der Waals surface area contributed by atoms with Gasteiger partial charge >= 0.3 is 0 Å². The van der Waals surface area contributed by atoms with Crippen LogP contribution in [0.1, 0.15) is 50.0 Å². The molecule has 1 heterocycles. The number of nitrogens with two attached hydrogens (primary N) is 1. The third kappa shape index (κ3) is 1.59. The van der Waals surface area contributed by atoms with Crippen molar-refractivity contribution < 1.29 is 4.42 Å². The Kier molecular flexibility index (Phi) is 2.40. The monoisotopic (exact) mass is 193 g/mol. The fourth-order valence-corrected chi connectivity index (χ4v) is 2.44. The molecule has 1 fully saturated rings. The van der Waals surface area contributed by atoms with Crippen LogP contribution in [0.3, 0.4) is 0 Å². The van der Waals surface area contributed by atoms with E-state index >= 15 is 0 Å². The molecular weight excluding hydrogens is 174 g/mol. The van der Waals surface area contributed by atoms with Gasteiger partial charge in [-0.3, -0.25) is 0 Å². The Morgan fingerprint density at radius 2 is 2.00 bits per heavy atom. The molecule has 0 spiro atoms. The molecule has 2 rings (SSSR count). The topological polar surface area (TPSA) is 39.2 Å². The van der Waals surface area contributed by atoms with Gasteiger partial charge in [-0.25, -0.2) is 0 Å². The maximum absolute atomic E-state index is 6.38. The van der Waals surface area contributed by atoms with Crippen LogP contribution in [-0.4, -0.2) is 5.54 Å². The van der Waals surface area contributed by atoms with Crippen LogP contribution in [-0.2, 0) is 0 Å². The first-order valence-corrected chi connectivity index (χ1v) is 5.47. The highest BCUT2D eigenvalue weighted by Gasteiger charge is 2.37. The third-order valence-corrected chi connectivity index (χ3v) is 3.58. The molecule has 1 atom stereocenters. The van der Waals surface area contributed by atoms with E-state index in [9.17, 15) is 0 Å². The summed E-state index contributed by atoms with van der Waals surface area (Å²) >= 11 is 0. The van der Waals surface area contributed by atoms with Crippen molar-refractivity contribution in [1.82, 2.24) is 0 Å². The van der Waals surface area contributed by atoms with E-state index < -0.39 is 0 Å². The zero-order valence-corrected chi connectivity index (χ0v) is 9.05. The molecule has 2 nitrogen and oxygen atoms in total. The number of hydrogen-bond acceptors (Lipinski definition) is 2. The first-order chi connectivity index (χ1) is 6.62. The van der Waals surface area contributed by atoms with Gasteiger partial charge in [-0.15, -0.1) is 0 Å². The van der Waals surface area contributed by atoms with Crippen LogP contribution in [0.25, 0.3) is 0 Å². The summed E-state index contributed by atoms with van der Waals surface area (Å²) in [7, 11) is 0. The lowest BCUT2D eigenvalue weighted by atomic mass is 9.83. The quantitative estimate of drug-likeness (QED) is 0.784. The van der Waals surface area contributed by atoms with Crippen LogP contribution in [0.2, 0.25) is 0 Å². The fourth-order valence-electron chi connectivity index (χ4n) is 2.44. The summed E-state index contributed by atoms with van der Waals surface area (Å²) in [5, 5.41) is 0. The largest absolute Gasteiger partial charge is 0.466 e. The lowest BCUT2D eigenvalue weighted by molar-refractivity contribution is 0.320. The molecule has 1 unspecified atom stereocenters. The molecule has 1 aliphatic rings. The first kappa shape index (κ1) is 9.78. The molecule has 1 aromatic rings. The Bertz CT molecular complexity index is 310. The van der Waals surface area contributed by atoms with Gasteiger partial charge in [-0.05, 0) is 31.9 Å². The molecule has 0 saturated heterocycles. The van der Waals surface area contributed by atoms with E-state index in [1.165, 1.54) is 12.8 Å². The maximum Gasteiger partial charge on any atom is 0.108 e. The number of rotatable bonds is 2. The molecule has 0 aliphatic heterocycles. The van der Waals surface area contributed by atoms with Crippen molar-refractivity contribution >= 4 is 0 Å². The molecule has 2 N–H and O–H groups in total. The van der Waals surface area contributed by atoms with Crippen molar-refractivity contribution in [2.24, 2.45) is 5.73 Å². The van der Waals surface area contributed by atoms with E-state index in [2.05, 4.69) is 13.0 Å². The van der Waals surface area contributed by atoms with Crippen LogP contribution in [0, 0.1) is 6.92 Å². The van der Waals surface area contributed by atoms with Gasteiger partial charge in [0, 0.05) is 11.5 Å². The number of hydrogen-bond donors (Lipinski definition) is 1. The number of aryl methyl sites for hydroxylation is 1. The van der Waals surface area contributed by atoms with Crippen LogP contribution in [0.4, 0.5) is 0 Å². The van der Waals surface area contributed by atoms with E-state index in [1.54, 1.807) is 0 Å². The summed E-state index contributed by atoms with van der Waals surface area (Å²) < 4.78 is 5.64. The molecule has 1 aromatic heterocycles. The van der Waals surface area contributed by atoms with Crippen molar-refractivity contribution in [3.8, 4) is 0 Å². The minimum Gasteiger partial charge on any atom is -0.466 e. The van der Waals surface area contributed by atoms with Gasteiger partial charge < -0.3 is 10.2 Å². The zero-order valence-electron chi connectivity index (χ0n) is 9.05. The van der Waals surface area contributed by atoms with Gasteiger partial charge in [0.25, 0.3) is 0 Å². The zero-order chi connectivity index (χ0) is 10.2. The van der Waals surface area contributed by atoms with Crippen molar-refractivity contribution in [3.05, 3.63) is 23.7 Å². The molecule has 2 heteroatoms. The van der Waals surface area contributed by atoms with Gasteiger partial charge in [-0.1, -0.05) is 19.8 Å². The van der Waals surface area contributed by atoms with Crippen LogP contribution in [0.15, 0.2) is 16.5 Å². The minimum atomic E-state index is -0.0235. The fraction of sp³-hybridized carbons (Fsp3) is 0.667. The second-order valence-corrected chi connectivity index (χ2v) is 4.61. The predicted octanol–water partition coefficient (Wildman–Crippen LogP) is 2.96.